The Morgan fingerprint density at radius 1 is 1.53 bits per heavy atom. The fourth-order valence-corrected chi connectivity index (χ4v) is 0.973. The van der Waals surface area contributed by atoms with Gasteiger partial charge in [-0.25, -0.2) is 10.6 Å². The summed E-state index contributed by atoms with van der Waals surface area (Å²) in [6.45, 7) is 5.29. The molecule has 0 unspecified atom stereocenters. The van der Waals surface area contributed by atoms with Crippen molar-refractivity contribution in [2.75, 3.05) is 11.2 Å². The van der Waals surface area contributed by atoms with Crippen molar-refractivity contribution < 1.29 is 9.53 Å². The summed E-state index contributed by atoms with van der Waals surface area (Å²) >= 11 is 0. The number of imidazole rings is 1. The quantitative estimate of drug-likeness (QED) is 0.317. The van der Waals surface area contributed by atoms with Crippen LogP contribution < -0.4 is 17.0 Å². The van der Waals surface area contributed by atoms with E-state index in [0.29, 0.717) is 0 Å². The first-order valence-electron chi connectivity index (χ1n) is 4.39. The van der Waals surface area contributed by atoms with E-state index in [-0.39, 0.29) is 17.5 Å². The average Bonchev–Trinajstić information content (AvgIpc) is 2.43. The van der Waals surface area contributed by atoms with Crippen LogP contribution in [0.2, 0.25) is 0 Å². The Morgan fingerprint density at radius 2 is 2.13 bits per heavy atom. The second-order valence-corrected chi connectivity index (χ2v) is 3.99. The summed E-state index contributed by atoms with van der Waals surface area (Å²) in [4.78, 5) is 17.9. The summed E-state index contributed by atoms with van der Waals surface area (Å²) in [7, 11) is 0. The van der Waals surface area contributed by atoms with Crippen molar-refractivity contribution in [3.8, 4) is 0 Å². The van der Waals surface area contributed by atoms with E-state index in [2.05, 4.69) is 15.4 Å². The number of carbonyl (C=O) groups excluding carboxylic acids is 1. The molecule has 7 heteroatoms. The molecule has 0 fully saturated rings. The molecule has 15 heavy (non-hydrogen) atoms. The first-order chi connectivity index (χ1) is 6.83. The van der Waals surface area contributed by atoms with Crippen LogP contribution in [0.5, 0.6) is 0 Å². The van der Waals surface area contributed by atoms with Crippen LogP contribution in [0.15, 0.2) is 0 Å². The molecule has 0 bridgehead atoms. The molecular weight excluding hydrogens is 198 g/mol. The maximum Gasteiger partial charge on any atom is 0.359 e. The SMILES string of the molecule is CC(C)(C)OC(=O)c1[nH]c(N)nc1NN. The van der Waals surface area contributed by atoms with E-state index in [9.17, 15) is 4.79 Å². The molecule has 0 radical (unpaired) electrons. The van der Waals surface area contributed by atoms with Crippen LogP contribution in [0.4, 0.5) is 11.8 Å². The van der Waals surface area contributed by atoms with Crippen molar-refractivity contribution in [2.24, 2.45) is 5.84 Å². The van der Waals surface area contributed by atoms with Gasteiger partial charge < -0.3 is 20.9 Å². The summed E-state index contributed by atoms with van der Waals surface area (Å²) in [6.07, 6.45) is 0. The van der Waals surface area contributed by atoms with Gasteiger partial charge in [-0.2, -0.15) is 4.98 Å². The number of ether oxygens (including phenoxy) is 1. The van der Waals surface area contributed by atoms with Gasteiger partial charge in [0.2, 0.25) is 0 Å². The first kappa shape index (κ1) is 11.3. The maximum absolute atomic E-state index is 11.6. The third kappa shape index (κ3) is 2.84. The number of nitrogens with one attached hydrogen (secondary N) is 2. The topological polar surface area (TPSA) is 119 Å². The lowest BCUT2D eigenvalue weighted by atomic mass is 10.2. The highest BCUT2D eigenvalue weighted by Crippen LogP contribution is 2.17. The first-order valence-corrected chi connectivity index (χ1v) is 4.39. The van der Waals surface area contributed by atoms with E-state index >= 15 is 0 Å². The molecule has 1 aromatic heterocycles. The van der Waals surface area contributed by atoms with E-state index in [4.69, 9.17) is 16.3 Å². The van der Waals surface area contributed by atoms with Gasteiger partial charge in [0.05, 0.1) is 0 Å². The molecule has 1 rings (SSSR count). The Kier molecular flexibility index (Phi) is 2.85. The lowest BCUT2D eigenvalue weighted by molar-refractivity contribution is 0.00647. The molecule has 0 aliphatic carbocycles. The number of nitrogens with two attached hydrogens (primary N) is 2. The van der Waals surface area contributed by atoms with Gasteiger partial charge >= 0.3 is 5.97 Å². The number of H-pyrrole nitrogens is 1. The molecule has 0 aliphatic rings. The number of carbonyl (C=O) groups is 1. The summed E-state index contributed by atoms with van der Waals surface area (Å²) in [5.41, 5.74) is 7.18. The highest BCUT2D eigenvalue weighted by Gasteiger charge is 2.22. The van der Waals surface area contributed by atoms with Crippen LogP contribution in [0.25, 0.3) is 0 Å². The van der Waals surface area contributed by atoms with E-state index in [0.717, 1.165) is 0 Å². The molecular formula is C8H15N5O2. The van der Waals surface area contributed by atoms with E-state index < -0.39 is 11.6 Å². The number of nitrogens with zero attached hydrogens (tertiary/aromatic N) is 1. The Morgan fingerprint density at radius 3 is 2.60 bits per heavy atom. The molecule has 0 atom stereocenters. The van der Waals surface area contributed by atoms with Crippen molar-refractivity contribution in [1.29, 1.82) is 0 Å². The predicted molar refractivity (Wildman–Crippen MR) is 56.0 cm³/mol. The monoisotopic (exact) mass is 213 g/mol. The van der Waals surface area contributed by atoms with Crippen LogP contribution in [0, 0.1) is 0 Å². The summed E-state index contributed by atoms with van der Waals surface area (Å²) in [5.74, 6) is 4.88. The third-order valence-corrected chi connectivity index (χ3v) is 1.46. The molecule has 6 N–H and O–H groups in total. The third-order valence-electron chi connectivity index (χ3n) is 1.46. The predicted octanol–water partition coefficient (Wildman–Crippen LogP) is 0.233. The Balaban J connectivity index is 2.91. The Labute approximate surface area is 87.2 Å². The van der Waals surface area contributed by atoms with Crippen molar-refractivity contribution in [1.82, 2.24) is 9.97 Å². The van der Waals surface area contributed by atoms with E-state index in [1.54, 1.807) is 20.8 Å². The fourth-order valence-electron chi connectivity index (χ4n) is 0.973. The number of hydrazine groups is 1. The lowest BCUT2D eigenvalue weighted by Crippen LogP contribution is -2.25. The zero-order valence-corrected chi connectivity index (χ0v) is 8.92. The number of anilines is 2. The molecule has 0 aromatic carbocycles. The molecule has 0 amide bonds. The molecule has 0 aliphatic heterocycles. The van der Waals surface area contributed by atoms with Crippen molar-refractivity contribution in [3.05, 3.63) is 5.69 Å². The molecule has 0 saturated heterocycles. The van der Waals surface area contributed by atoms with Gasteiger partial charge in [0.25, 0.3) is 0 Å². The van der Waals surface area contributed by atoms with Gasteiger partial charge in [-0.05, 0) is 20.8 Å². The molecule has 1 aromatic rings. The number of aromatic nitrogens is 2. The number of rotatable bonds is 2. The van der Waals surface area contributed by atoms with Crippen LogP contribution >= 0.6 is 0 Å². The summed E-state index contributed by atoms with van der Waals surface area (Å²) in [5, 5.41) is 0. The number of hydrogen-bond acceptors (Lipinski definition) is 6. The largest absolute Gasteiger partial charge is 0.455 e. The Bertz CT molecular complexity index is 366. The normalized spacial score (nSPS) is 11.2. The number of hydrogen-bond donors (Lipinski definition) is 4. The zero-order valence-electron chi connectivity index (χ0n) is 8.92. The minimum Gasteiger partial charge on any atom is -0.455 e. The second-order valence-electron chi connectivity index (χ2n) is 3.99. The van der Waals surface area contributed by atoms with Gasteiger partial charge in [-0.1, -0.05) is 0 Å². The smallest absolute Gasteiger partial charge is 0.359 e. The second kappa shape index (κ2) is 3.77. The minimum absolute atomic E-state index is 0.101. The van der Waals surface area contributed by atoms with Crippen LogP contribution in [0.1, 0.15) is 31.3 Å². The highest BCUT2D eigenvalue weighted by atomic mass is 16.6. The molecule has 0 spiro atoms. The standard InChI is InChI=1S/C8H15N5O2/c1-8(2,3)15-6(14)4-5(13-10)12-7(9)11-4/h13H,10H2,1-3H3,(H3,9,11,12). The van der Waals surface area contributed by atoms with Crippen molar-refractivity contribution in [3.63, 3.8) is 0 Å². The zero-order chi connectivity index (χ0) is 11.6. The average molecular weight is 213 g/mol. The van der Waals surface area contributed by atoms with E-state index in [1.165, 1.54) is 0 Å². The van der Waals surface area contributed by atoms with Gasteiger partial charge in [0, 0.05) is 0 Å². The number of nitrogen functional groups attached to an aromatic ring is 2. The fraction of sp³-hybridized carbons (Fsp3) is 0.500. The number of aromatic amines is 1. The summed E-state index contributed by atoms with van der Waals surface area (Å²) in [6, 6.07) is 0. The summed E-state index contributed by atoms with van der Waals surface area (Å²) < 4.78 is 5.12. The van der Waals surface area contributed by atoms with Gasteiger partial charge in [-0.15, -0.1) is 0 Å². The van der Waals surface area contributed by atoms with Gasteiger partial charge in [0.1, 0.15) is 5.60 Å². The minimum atomic E-state index is -0.581. The maximum atomic E-state index is 11.6. The molecule has 0 saturated carbocycles. The van der Waals surface area contributed by atoms with Crippen molar-refractivity contribution in [2.45, 2.75) is 26.4 Å². The Hall–Kier alpha value is -1.76. The van der Waals surface area contributed by atoms with Crippen molar-refractivity contribution >= 4 is 17.7 Å². The highest BCUT2D eigenvalue weighted by molar-refractivity contribution is 5.93. The van der Waals surface area contributed by atoms with Crippen LogP contribution in [-0.2, 0) is 4.74 Å². The molecule has 84 valence electrons. The number of esters is 1. The van der Waals surface area contributed by atoms with E-state index in [1.807, 2.05) is 0 Å². The van der Waals surface area contributed by atoms with Gasteiger partial charge in [-0.3, -0.25) is 0 Å². The lowest BCUT2D eigenvalue weighted by Gasteiger charge is -2.18. The van der Waals surface area contributed by atoms with Crippen LogP contribution in [0.3, 0.4) is 0 Å². The van der Waals surface area contributed by atoms with Crippen LogP contribution in [-0.4, -0.2) is 21.5 Å². The molecule has 7 nitrogen and oxygen atoms in total. The van der Waals surface area contributed by atoms with Gasteiger partial charge in [0.15, 0.2) is 17.5 Å². The molecule has 1 heterocycles.